The average molecular weight is 456 g/mol. The van der Waals surface area contributed by atoms with E-state index in [1.165, 1.54) is 4.31 Å². The van der Waals surface area contributed by atoms with E-state index in [4.69, 9.17) is 0 Å². The Morgan fingerprint density at radius 3 is 2.23 bits per heavy atom. The smallest absolute Gasteiger partial charge is 0.243 e. The maximum atomic E-state index is 13.8. The predicted molar refractivity (Wildman–Crippen MR) is 111 cm³/mol. The Bertz CT molecular complexity index is 1100. The maximum absolute atomic E-state index is 13.8. The van der Waals surface area contributed by atoms with Gasteiger partial charge in [-0.2, -0.15) is 4.31 Å². The van der Waals surface area contributed by atoms with E-state index < -0.39 is 45.1 Å². The molecule has 168 valence electrons. The lowest BCUT2D eigenvalue weighted by Crippen LogP contribution is -2.53. The number of nitrogens with zero attached hydrogens (tertiary/aromatic N) is 2. The second-order valence-corrected chi connectivity index (χ2v) is 9.51. The molecule has 31 heavy (non-hydrogen) atoms. The number of halogens is 3. The van der Waals surface area contributed by atoms with E-state index >= 15 is 0 Å². The third-order valence-electron chi connectivity index (χ3n) is 5.61. The number of benzene rings is 2. The van der Waals surface area contributed by atoms with E-state index in [0.29, 0.717) is 13.1 Å². The Balaban J connectivity index is 1.64. The van der Waals surface area contributed by atoms with Crippen LogP contribution in [-0.4, -0.2) is 55.8 Å². The van der Waals surface area contributed by atoms with Crippen LogP contribution in [0.25, 0.3) is 0 Å². The summed E-state index contributed by atoms with van der Waals surface area (Å²) >= 11 is 0. The minimum Gasteiger partial charge on any atom is -0.322 e. The third-order valence-corrected chi connectivity index (χ3v) is 7.50. The highest BCUT2D eigenvalue weighted by molar-refractivity contribution is 7.89. The fourth-order valence-electron chi connectivity index (χ4n) is 3.38. The number of anilines is 1. The highest BCUT2D eigenvalue weighted by Gasteiger charge is 2.32. The summed E-state index contributed by atoms with van der Waals surface area (Å²) in [4.78, 5) is 14.4. The molecular weight excluding hydrogens is 431 g/mol. The van der Waals surface area contributed by atoms with Crippen molar-refractivity contribution in [2.45, 2.75) is 31.7 Å². The SMILES string of the molecule is Cc1ccc(S(=O)(=O)N2CCN(C(C)C(=O)Nc3ccc(F)c(F)c3F)CC2)cc1C. The number of sulfonamides is 1. The first kappa shape index (κ1) is 23.2. The minimum absolute atomic E-state index is 0.187. The van der Waals surface area contributed by atoms with Crippen molar-refractivity contribution in [2.24, 2.45) is 0 Å². The molecule has 1 atom stereocenters. The summed E-state index contributed by atoms with van der Waals surface area (Å²) in [5.74, 6) is -5.07. The first-order valence-electron chi connectivity index (χ1n) is 9.78. The molecule has 0 bridgehead atoms. The number of hydrogen-bond donors (Lipinski definition) is 1. The van der Waals surface area contributed by atoms with E-state index in [2.05, 4.69) is 5.32 Å². The Kier molecular flexibility index (Phi) is 6.73. The molecule has 0 aliphatic carbocycles. The molecule has 10 heteroatoms. The number of rotatable bonds is 5. The van der Waals surface area contributed by atoms with Gasteiger partial charge in [0.2, 0.25) is 15.9 Å². The van der Waals surface area contributed by atoms with Crippen LogP contribution < -0.4 is 5.32 Å². The molecule has 6 nitrogen and oxygen atoms in total. The van der Waals surface area contributed by atoms with Crippen LogP contribution in [0.1, 0.15) is 18.1 Å². The zero-order valence-electron chi connectivity index (χ0n) is 17.5. The first-order chi connectivity index (χ1) is 14.5. The molecule has 1 aliphatic rings. The zero-order valence-corrected chi connectivity index (χ0v) is 18.3. The van der Waals surface area contributed by atoms with Crippen LogP contribution in [0.15, 0.2) is 35.2 Å². The van der Waals surface area contributed by atoms with Crippen molar-refractivity contribution < 1.29 is 26.4 Å². The molecule has 3 rings (SSSR count). The summed E-state index contributed by atoms with van der Waals surface area (Å²) in [6.07, 6.45) is 0. The van der Waals surface area contributed by atoms with Crippen molar-refractivity contribution in [1.29, 1.82) is 0 Å². The van der Waals surface area contributed by atoms with Crippen LogP contribution in [0.5, 0.6) is 0 Å². The van der Waals surface area contributed by atoms with Crippen molar-refractivity contribution >= 4 is 21.6 Å². The lowest BCUT2D eigenvalue weighted by molar-refractivity contribution is -0.121. The fraction of sp³-hybridized carbons (Fsp3) is 0.381. The molecule has 1 heterocycles. The Morgan fingerprint density at radius 2 is 1.61 bits per heavy atom. The Hall–Kier alpha value is -2.43. The van der Waals surface area contributed by atoms with Gasteiger partial charge in [-0.1, -0.05) is 6.07 Å². The molecule has 1 N–H and O–H groups in total. The lowest BCUT2D eigenvalue weighted by Gasteiger charge is -2.36. The molecule has 2 aromatic rings. The molecule has 0 aromatic heterocycles. The predicted octanol–water partition coefficient (Wildman–Crippen LogP) is 3.05. The van der Waals surface area contributed by atoms with Crippen molar-refractivity contribution in [1.82, 2.24) is 9.21 Å². The largest absolute Gasteiger partial charge is 0.322 e. The molecule has 0 spiro atoms. The topological polar surface area (TPSA) is 69.7 Å². The van der Waals surface area contributed by atoms with Crippen molar-refractivity contribution in [2.75, 3.05) is 31.5 Å². The van der Waals surface area contributed by atoms with Gasteiger partial charge in [0.05, 0.1) is 16.6 Å². The van der Waals surface area contributed by atoms with Crippen LogP contribution in [0.4, 0.5) is 18.9 Å². The summed E-state index contributed by atoms with van der Waals surface area (Å²) in [5.41, 5.74) is 1.43. The number of amides is 1. The van der Waals surface area contributed by atoms with E-state index in [0.717, 1.165) is 23.3 Å². The Labute approximate surface area is 179 Å². The molecule has 1 saturated heterocycles. The van der Waals surface area contributed by atoms with Gasteiger partial charge in [0.1, 0.15) is 0 Å². The number of nitrogens with one attached hydrogen (secondary N) is 1. The summed E-state index contributed by atoms with van der Waals surface area (Å²) in [6, 6.07) is 5.95. The molecule has 0 radical (unpaired) electrons. The normalized spacial score (nSPS) is 16.8. The van der Waals surface area contributed by atoms with Gasteiger partial charge in [-0.25, -0.2) is 21.6 Å². The van der Waals surface area contributed by atoms with Gasteiger partial charge >= 0.3 is 0 Å². The van der Waals surface area contributed by atoms with E-state index in [9.17, 15) is 26.4 Å². The second-order valence-electron chi connectivity index (χ2n) is 7.57. The number of carbonyl (C=O) groups is 1. The molecule has 1 amide bonds. The quantitative estimate of drug-likeness (QED) is 0.704. The van der Waals surface area contributed by atoms with Gasteiger partial charge in [0.25, 0.3) is 0 Å². The van der Waals surface area contributed by atoms with Crippen LogP contribution >= 0.6 is 0 Å². The summed E-state index contributed by atoms with van der Waals surface area (Å²) < 4.78 is 67.4. The van der Waals surface area contributed by atoms with Gasteiger partial charge in [-0.3, -0.25) is 9.69 Å². The van der Waals surface area contributed by atoms with E-state index in [1.807, 2.05) is 13.8 Å². The number of hydrogen-bond acceptors (Lipinski definition) is 4. The maximum Gasteiger partial charge on any atom is 0.243 e. The van der Waals surface area contributed by atoms with Gasteiger partial charge in [0.15, 0.2) is 17.5 Å². The molecule has 0 saturated carbocycles. The third kappa shape index (κ3) is 4.76. The van der Waals surface area contributed by atoms with Gasteiger partial charge < -0.3 is 5.32 Å². The summed E-state index contributed by atoms with van der Waals surface area (Å²) in [6.45, 7) is 6.29. The number of carbonyl (C=O) groups excluding carboxylic acids is 1. The molecule has 1 unspecified atom stereocenters. The second kappa shape index (κ2) is 8.97. The van der Waals surface area contributed by atoms with Crippen molar-refractivity contribution in [3.05, 3.63) is 58.9 Å². The fourth-order valence-corrected chi connectivity index (χ4v) is 4.89. The average Bonchev–Trinajstić information content (AvgIpc) is 2.75. The standard InChI is InChI=1S/C21H24F3N3O3S/c1-13-4-5-16(12-14(13)2)31(29,30)27-10-8-26(9-11-27)15(3)21(28)25-18-7-6-17(22)19(23)20(18)24/h4-7,12,15H,8-11H2,1-3H3,(H,25,28). The number of aryl methyl sites for hydroxylation is 2. The highest BCUT2D eigenvalue weighted by atomic mass is 32.2. The van der Waals surface area contributed by atoms with Crippen LogP contribution in [0.2, 0.25) is 0 Å². The highest BCUT2D eigenvalue weighted by Crippen LogP contribution is 2.22. The monoisotopic (exact) mass is 455 g/mol. The van der Waals surface area contributed by atoms with Crippen molar-refractivity contribution in [3.63, 3.8) is 0 Å². The molecule has 1 fully saturated rings. The summed E-state index contributed by atoms with van der Waals surface area (Å²) in [7, 11) is -3.65. The van der Waals surface area contributed by atoms with Gasteiger partial charge in [-0.15, -0.1) is 0 Å². The van der Waals surface area contributed by atoms with Crippen LogP contribution in [0, 0.1) is 31.3 Å². The van der Waals surface area contributed by atoms with Gasteiger partial charge in [-0.05, 0) is 56.2 Å². The molecule has 1 aliphatic heterocycles. The van der Waals surface area contributed by atoms with Crippen molar-refractivity contribution in [3.8, 4) is 0 Å². The lowest BCUT2D eigenvalue weighted by atomic mass is 10.1. The van der Waals surface area contributed by atoms with Crippen LogP contribution in [-0.2, 0) is 14.8 Å². The van der Waals surface area contributed by atoms with Crippen LogP contribution in [0.3, 0.4) is 0 Å². The van der Waals surface area contributed by atoms with Gasteiger partial charge in [0, 0.05) is 26.2 Å². The Morgan fingerprint density at radius 1 is 0.968 bits per heavy atom. The number of piperazine rings is 1. The van der Waals surface area contributed by atoms with E-state index in [1.54, 1.807) is 30.0 Å². The summed E-state index contributed by atoms with van der Waals surface area (Å²) in [5, 5.41) is 2.26. The molecular formula is C21H24F3N3O3S. The first-order valence-corrected chi connectivity index (χ1v) is 11.2. The minimum atomic E-state index is -3.65. The zero-order chi connectivity index (χ0) is 22.9. The molecule has 2 aromatic carbocycles. The van der Waals surface area contributed by atoms with E-state index in [-0.39, 0.29) is 18.0 Å².